The Labute approximate surface area is 159 Å². The van der Waals surface area contributed by atoms with Gasteiger partial charge in [-0.1, -0.05) is 35.1 Å². The zero-order chi connectivity index (χ0) is 18.4. The Morgan fingerprint density at radius 3 is 3.07 bits per heavy atom. The summed E-state index contributed by atoms with van der Waals surface area (Å²) in [5.41, 5.74) is 4.93. The molecule has 5 rings (SSSR count). The van der Waals surface area contributed by atoms with Crippen LogP contribution in [-0.2, 0) is 17.9 Å². The van der Waals surface area contributed by atoms with Crippen LogP contribution in [0.3, 0.4) is 0 Å². The number of carbonyl (C=O) groups excluding carboxylic acids is 1. The third kappa shape index (κ3) is 2.86. The van der Waals surface area contributed by atoms with E-state index in [2.05, 4.69) is 21.5 Å². The molecular formula is C20H16N4O2S. The number of anilines is 1. The van der Waals surface area contributed by atoms with Crippen molar-refractivity contribution in [1.82, 2.24) is 14.8 Å². The molecule has 0 fully saturated rings. The van der Waals surface area contributed by atoms with Gasteiger partial charge >= 0.3 is 0 Å². The number of ether oxygens (including phenoxy) is 1. The number of amides is 1. The lowest BCUT2D eigenvalue weighted by Crippen LogP contribution is -2.20. The lowest BCUT2D eigenvalue weighted by atomic mass is 10.0. The Bertz CT molecular complexity index is 1140. The fraction of sp³-hybridized carbons (Fsp3) is 0.150. The number of hydrogen-bond acceptors (Lipinski definition) is 5. The Morgan fingerprint density at radius 1 is 1.30 bits per heavy atom. The summed E-state index contributed by atoms with van der Waals surface area (Å²) < 4.78 is 8.57. The molecule has 1 aliphatic heterocycles. The van der Waals surface area contributed by atoms with Crippen LogP contribution in [0.2, 0.25) is 0 Å². The van der Waals surface area contributed by atoms with Gasteiger partial charge in [-0.25, -0.2) is 4.98 Å². The number of hydrogen-bond donors (Lipinski definition) is 1. The fourth-order valence-corrected chi connectivity index (χ4v) is 4.17. The molecule has 0 saturated heterocycles. The summed E-state index contributed by atoms with van der Waals surface area (Å²) in [5.74, 6) is 0.669. The van der Waals surface area contributed by atoms with E-state index in [-0.39, 0.29) is 12.5 Å². The maximum absolute atomic E-state index is 12.6. The van der Waals surface area contributed by atoms with Gasteiger partial charge in [-0.3, -0.25) is 9.48 Å². The van der Waals surface area contributed by atoms with Gasteiger partial charge in [-0.15, -0.1) is 0 Å². The van der Waals surface area contributed by atoms with Crippen molar-refractivity contribution in [1.29, 1.82) is 0 Å². The topological polar surface area (TPSA) is 69.0 Å². The molecule has 134 valence electrons. The molecule has 0 bridgehead atoms. The number of nitrogens with one attached hydrogen (secondary N) is 1. The lowest BCUT2D eigenvalue weighted by Gasteiger charge is -2.19. The van der Waals surface area contributed by atoms with E-state index in [9.17, 15) is 4.79 Å². The number of thiazole rings is 1. The number of benzene rings is 2. The first-order valence-electron chi connectivity index (χ1n) is 8.61. The third-order valence-corrected chi connectivity index (χ3v) is 5.47. The summed E-state index contributed by atoms with van der Waals surface area (Å²) in [6.45, 7) is 2.62. The smallest absolute Gasteiger partial charge is 0.247 e. The summed E-state index contributed by atoms with van der Waals surface area (Å²) in [4.78, 5) is 17.0. The molecular weight excluding hydrogens is 360 g/mol. The number of carbonyl (C=O) groups is 1. The number of rotatable bonds is 3. The molecule has 0 radical (unpaired) electrons. The van der Waals surface area contributed by atoms with Crippen LogP contribution in [0, 0.1) is 6.92 Å². The highest BCUT2D eigenvalue weighted by molar-refractivity contribution is 7.22. The van der Waals surface area contributed by atoms with Crippen molar-refractivity contribution < 1.29 is 9.53 Å². The van der Waals surface area contributed by atoms with E-state index in [1.54, 1.807) is 10.9 Å². The summed E-state index contributed by atoms with van der Waals surface area (Å²) in [6, 6.07) is 13.9. The summed E-state index contributed by atoms with van der Waals surface area (Å²) >= 11 is 1.46. The highest BCUT2D eigenvalue weighted by atomic mass is 32.1. The van der Waals surface area contributed by atoms with E-state index in [1.165, 1.54) is 11.3 Å². The number of fused-ring (bicyclic) bond motifs is 4. The van der Waals surface area contributed by atoms with Crippen molar-refractivity contribution in [2.24, 2.45) is 0 Å². The molecule has 1 N–H and O–H groups in total. The summed E-state index contributed by atoms with van der Waals surface area (Å²) in [6.07, 6.45) is 1.77. The third-order valence-electron chi connectivity index (χ3n) is 4.52. The molecule has 3 heterocycles. The van der Waals surface area contributed by atoms with Crippen LogP contribution in [-0.4, -0.2) is 20.7 Å². The van der Waals surface area contributed by atoms with E-state index in [1.807, 2.05) is 43.3 Å². The van der Waals surface area contributed by atoms with Crippen LogP contribution >= 0.6 is 11.3 Å². The predicted octanol–water partition coefficient (Wildman–Crippen LogP) is 4.00. The molecule has 0 atom stereocenters. The molecule has 4 aromatic rings. The van der Waals surface area contributed by atoms with Gasteiger partial charge in [0.1, 0.15) is 18.9 Å². The van der Waals surface area contributed by atoms with Gasteiger partial charge in [0.05, 0.1) is 22.1 Å². The standard InChI is InChI=1S/C20H16N4O2S/c1-12-6-7-16-14(8-12)19-13(11-26-16)9-21-24(19)10-18(25)23-20-22-15-4-2-3-5-17(15)27-20/h2-9H,10-11H2,1H3,(H,22,23,25). The van der Waals surface area contributed by atoms with Gasteiger partial charge in [-0.05, 0) is 31.2 Å². The minimum atomic E-state index is -0.152. The molecule has 7 heteroatoms. The zero-order valence-electron chi connectivity index (χ0n) is 14.6. The largest absolute Gasteiger partial charge is 0.488 e. The zero-order valence-corrected chi connectivity index (χ0v) is 15.4. The van der Waals surface area contributed by atoms with E-state index in [0.29, 0.717) is 11.7 Å². The van der Waals surface area contributed by atoms with Crippen LogP contribution in [0.1, 0.15) is 11.1 Å². The quantitative estimate of drug-likeness (QED) is 0.587. The van der Waals surface area contributed by atoms with Crippen LogP contribution in [0.25, 0.3) is 21.5 Å². The molecule has 0 unspecified atom stereocenters. The lowest BCUT2D eigenvalue weighted by molar-refractivity contribution is -0.116. The van der Waals surface area contributed by atoms with E-state index < -0.39 is 0 Å². The van der Waals surface area contributed by atoms with Gasteiger partial charge in [0.2, 0.25) is 5.91 Å². The number of para-hydroxylation sites is 1. The van der Waals surface area contributed by atoms with Crippen LogP contribution in [0.15, 0.2) is 48.7 Å². The van der Waals surface area contributed by atoms with E-state index in [0.717, 1.165) is 38.4 Å². The minimum Gasteiger partial charge on any atom is -0.488 e. The Hall–Kier alpha value is -3.19. The minimum absolute atomic E-state index is 0.124. The Kier molecular flexibility index (Phi) is 3.68. The van der Waals surface area contributed by atoms with Crippen LogP contribution in [0.4, 0.5) is 5.13 Å². The van der Waals surface area contributed by atoms with Gasteiger partial charge in [-0.2, -0.15) is 5.10 Å². The first-order chi connectivity index (χ1) is 13.2. The molecule has 0 aliphatic carbocycles. The van der Waals surface area contributed by atoms with Crippen molar-refractivity contribution in [3.63, 3.8) is 0 Å². The van der Waals surface area contributed by atoms with Crippen molar-refractivity contribution in [2.45, 2.75) is 20.1 Å². The Morgan fingerprint density at radius 2 is 2.19 bits per heavy atom. The molecule has 0 saturated carbocycles. The molecule has 2 aromatic heterocycles. The second kappa shape index (κ2) is 6.21. The molecule has 1 amide bonds. The highest BCUT2D eigenvalue weighted by Gasteiger charge is 2.23. The number of aromatic nitrogens is 3. The molecule has 0 spiro atoms. The van der Waals surface area contributed by atoms with E-state index in [4.69, 9.17) is 4.74 Å². The molecule has 1 aliphatic rings. The first-order valence-corrected chi connectivity index (χ1v) is 9.43. The van der Waals surface area contributed by atoms with Crippen LogP contribution < -0.4 is 10.1 Å². The normalized spacial score (nSPS) is 12.3. The fourth-order valence-electron chi connectivity index (χ4n) is 3.29. The maximum Gasteiger partial charge on any atom is 0.247 e. The molecule has 2 aromatic carbocycles. The number of nitrogens with zero attached hydrogens (tertiary/aromatic N) is 3. The van der Waals surface area contributed by atoms with Gasteiger partial charge < -0.3 is 10.1 Å². The summed E-state index contributed by atoms with van der Waals surface area (Å²) in [7, 11) is 0. The number of aryl methyl sites for hydroxylation is 1. The SMILES string of the molecule is Cc1ccc2c(c1)-c1c(cnn1CC(=O)Nc1nc3ccccc3s1)CO2. The van der Waals surface area contributed by atoms with Crippen molar-refractivity contribution >= 4 is 32.6 Å². The van der Waals surface area contributed by atoms with Gasteiger partial charge in [0, 0.05) is 11.1 Å². The highest BCUT2D eigenvalue weighted by Crippen LogP contribution is 2.38. The average Bonchev–Trinajstić information content (AvgIpc) is 3.25. The Balaban J connectivity index is 1.42. The van der Waals surface area contributed by atoms with E-state index >= 15 is 0 Å². The summed E-state index contributed by atoms with van der Waals surface area (Å²) in [5, 5.41) is 7.90. The predicted molar refractivity (Wildman–Crippen MR) is 105 cm³/mol. The second-order valence-corrected chi connectivity index (χ2v) is 7.53. The first kappa shape index (κ1) is 16.0. The monoisotopic (exact) mass is 376 g/mol. The second-order valence-electron chi connectivity index (χ2n) is 6.50. The maximum atomic E-state index is 12.6. The molecule has 6 nitrogen and oxygen atoms in total. The van der Waals surface area contributed by atoms with Gasteiger partial charge in [0.15, 0.2) is 5.13 Å². The van der Waals surface area contributed by atoms with Crippen LogP contribution in [0.5, 0.6) is 5.75 Å². The average molecular weight is 376 g/mol. The molecule has 27 heavy (non-hydrogen) atoms. The van der Waals surface area contributed by atoms with Gasteiger partial charge in [0.25, 0.3) is 0 Å². The van der Waals surface area contributed by atoms with Crippen molar-refractivity contribution in [3.8, 4) is 17.0 Å². The van der Waals surface area contributed by atoms with Crippen molar-refractivity contribution in [2.75, 3.05) is 5.32 Å². The van der Waals surface area contributed by atoms with Crippen molar-refractivity contribution in [3.05, 3.63) is 59.8 Å².